The van der Waals surface area contributed by atoms with Crippen molar-refractivity contribution >= 4 is 5.78 Å². The van der Waals surface area contributed by atoms with Gasteiger partial charge in [0, 0.05) is 19.8 Å². The zero-order valence-electron chi connectivity index (χ0n) is 28.5. The summed E-state index contributed by atoms with van der Waals surface area (Å²) in [5.74, 6) is -0.392. The molecule has 0 heterocycles. The Bertz CT molecular complexity index is 1050. The van der Waals surface area contributed by atoms with Crippen molar-refractivity contribution in [1.29, 1.82) is 0 Å². The number of benzene rings is 2. The number of Topliss-reactive ketones (excluding diaryl/α,β-unsaturated/α-hetero) is 1. The number of carbonyl (C=O) groups is 1. The second kappa shape index (κ2) is 15.8. The minimum Gasteiger partial charge on any atom is -0.377 e. The Morgan fingerprint density at radius 1 is 0.721 bits per heavy atom. The molecule has 2 N–H and O–H groups in total. The summed E-state index contributed by atoms with van der Waals surface area (Å²) in [5.41, 5.74) is -2.17. The standard InChI is InChI=1S/C37H58O6/c1-11-15-16-27(12-2)25-41-26-32(38)37(40,33(42-13-3)43-14-4)36(39,30-21-17-28(18-22-30)34(5,6)7)31-23-19-29(20-24-31)35(8,9)10/h17-24,27,33,39-40H,11-16,25-26H2,1-10H3. The van der Waals surface area contributed by atoms with E-state index in [2.05, 4.69) is 55.4 Å². The number of hydrogen-bond acceptors (Lipinski definition) is 6. The summed E-state index contributed by atoms with van der Waals surface area (Å²) < 4.78 is 17.8. The summed E-state index contributed by atoms with van der Waals surface area (Å²) >= 11 is 0. The van der Waals surface area contributed by atoms with Gasteiger partial charge in [0.1, 0.15) is 6.61 Å². The third-order valence-corrected chi connectivity index (χ3v) is 8.42. The van der Waals surface area contributed by atoms with Gasteiger partial charge in [0.2, 0.25) is 5.60 Å². The first-order chi connectivity index (χ1) is 20.1. The molecule has 242 valence electrons. The predicted octanol–water partition coefficient (Wildman–Crippen LogP) is 7.45. The lowest BCUT2D eigenvalue weighted by molar-refractivity contribution is -0.275. The zero-order chi connectivity index (χ0) is 32.5. The van der Waals surface area contributed by atoms with Crippen LogP contribution in [0, 0.1) is 5.92 Å². The van der Waals surface area contributed by atoms with Crippen molar-refractivity contribution in [3.63, 3.8) is 0 Å². The maximum atomic E-state index is 14.3. The molecule has 0 bridgehead atoms. The van der Waals surface area contributed by atoms with E-state index in [1.807, 2.05) is 24.3 Å². The zero-order valence-corrected chi connectivity index (χ0v) is 28.5. The van der Waals surface area contributed by atoms with Crippen LogP contribution < -0.4 is 0 Å². The average Bonchev–Trinajstić information content (AvgIpc) is 2.97. The van der Waals surface area contributed by atoms with Gasteiger partial charge in [-0.15, -0.1) is 0 Å². The minimum atomic E-state index is -2.53. The first-order valence-corrected chi connectivity index (χ1v) is 16.1. The van der Waals surface area contributed by atoms with E-state index >= 15 is 0 Å². The highest BCUT2D eigenvalue weighted by atomic mass is 16.7. The normalized spacial score (nSPS) is 15.0. The molecule has 2 aromatic rings. The van der Waals surface area contributed by atoms with Gasteiger partial charge < -0.3 is 24.4 Å². The van der Waals surface area contributed by atoms with Crippen LogP contribution >= 0.6 is 0 Å². The van der Waals surface area contributed by atoms with Crippen LogP contribution in [0.25, 0.3) is 0 Å². The van der Waals surface area contributed by atoms with Crippen LogP contribution in [0.2, 0.25) is 0 Å². The van der Waals surface area contributed by atoms with Crippen molar-refractivity contribution in [3.8, 4) is 0 Å². The Hall–Kier alpha value is -2.09. The highest BCUT2D eigenvalue weighted by Gasteiger charge is 2.62. The fourth-order valence-electron chi connectivity index (χ4n) is 5.45. The third-order valence-electron chi connectivity index (χ3n) is 8.42. The number of carbonyl (C=O) groups excluding carboxylic acids is 1. The number of hydrogen-bond donors (Lipinski definition) is 2. The van der Waals surface area contributed by atoms with Gasteiger partial charge in [-0.05, 0) is 59.3 Å². The molecule has 6 heteroatoms. The van der Waals surface area contributed by atoms with Crippen molar-refractivity contribution in [1.82, 2.24) is 0 Å². The molecule has 0 aliphatic carbocycles. The maximum absolute atomic E-state index is 14.3. The Kier molecular flexibility index (Phi) is 13.6. The van der Waals surface area contributed by atoms with Gasteiger partial charge in [-0.1, -0.05) is 123 Å². The monoisotopic (exact) mass is 598 g/mol. The molecular weight excluding hydrogens is 540 g/mol. The molecule has 43 heavy (non-hydrogen) atoms. The third kappa shape index (κ3) is 8.76. The van der Waals surface area contributed by atoms with Crippen LogP contribution in [-0.2, 0) is 35.4 Å². The topological polar surface area (TPSA) is 85.2 Å². The smallest absolute Gasteiger partial charge is 0.213 e. The van der Waals surface area contributed by atoms with Gasteiger partial charge in [0.05, 0.1) is 0 Å². The minimum absolute atomic E-state index is 0.127. The van der Waals surface area contributed by atoms with Crippen molar-refractivity contribution in [2.24, 2.45) is 5.92 Å². The van der Waals surface area contributed by atoms with Gasteiger partial charge in [-0.3, -0.25) is 4.79 Å². The lowest BCUT2D eigenvalue weighted by Gasteiger charge is -2.46. The molecule has 0 aliphatic heterocycles. The summed E-state index contributed by atoms with van der Waals surface area (Å²) in [6, 6.07) is 14.9. The molecule has 2 unspecified atom stereocenters. The van der Waals surface area contributed by atoms with Crippen LogP contribution in [0.3, 0.4) is 0 Å². The molecule has 0 radical (unpaired) electrons. The molecule has 0 saturated heterocycles. The van der Waals surface area contributed by atoms with E-state index in [4.69, 9.17) is 14.2 Å². The highest BCUT2D eigenvalue weighted by molar-refractivity contribution is 5.91. The van der Waals surface area contributed by atoms with Crippen molar-refractivity contribution in [2.75, 3.05) is 26.4 Å². The maximum Gasteiger partial charge on any atom is 0.213 e. The molecule has 6 nitrogen and oxygen atoms in total. The number of aliphatic hydroxyl groups is 2. The Labute approximate surface area is 261 Å². The molecule has 2 atom stereocenters. The fraction of sp³-hybridized carbons (Fsp3) is 0.649. The number of rotatable bonds is 17. The van der Waals surface area contributed by atoms with Gasteiger partial charge in [0.15, 0.2) is 17.7 Å². The molecule has 0 fully saturated rings. The van der Waals surface area contributed by atoms with E-state index in [-0.39, 0.29) is 24.0 Å². The van der Waals surface area contributed by atoms with E-state index < -0.39 is 29.9 Å². The Balaban J connectivity index is 2.76. The lowest BCUT2D eigenvalue weighted by atomic mass is 9.69. The largest absolute Gasteiger partial charge is 0.377 e. The van der Waals surface area contributed by atoms with E-state index in [1.165, 1.54) is 0 Å². The first-order valence-electron chi connectivity index (χ1n) is 16.1. The first kappa shape index (κ1) is 37.1. The van der Waals surface area contributed by atoms with Crippen LogP contribution in [0.1, 0.15) is 117 Å². The summed E-state index contributed by atoms with van der Waals surface area (Å²) in [6.07, 6.45) is 2.68. The summed E-state index contributed by atoms with van der Waals surface area (Å²) in [7, 11) is 0. The summed E-state index contributed by atoms with van der Waals surface area (Å²) in [5, 5.41) is 25.7. The van der Waals surface area contributed by atoms with Crippen molar-refractivity contribution < 1.29 is 29.2 Å². The van der Waals surface area contributed by atoms with Gasteiger partial charge >= 0.3 is 0 Å². The van der Waals surface area contributed by atoms with E-state index in [0.717, 1.165) is 36.8 Å². The summed E-state index contributed by atoms with van der Waals surface area (Å²) in [4.78, 5) is 14.3. The molecule has 0 amide bonds. The number of ketones is 1. The van der Waals surface area contributed by atoms with Crippen LogP contribution in [0.4, 0.5) is 0 Å². The fourth-order valence-corrected chi connectivity index (χ4v) is 5.45. The van der Waals surface area contributed by atoms with E-state index in [1.54, 1.807) is 38.1 Å². The average molecular weight is 599 g/mol. The second-order valence-electron chi connectivity index (χ2n) is 13.7. The number of ether oxygens (including phenoxy) is 3. The van der Waals surface area contributed by atoms with Gasteiger partial charge in [-0.2, -0.15) is 0 Å². The quantitative estimate of drug-likeness (QED) is 0.184. The molecule has 0 aliphatic rings. The summed E-state index contributed by atoms with van der Waals surface area (Å²) in [6.45, 7) is 20.8. The van der Waals surface area contributed by atoms with E-state index in [9.17, 15) is 15.0 Å². The molecule has 2 aromatic carbocycles. The van der Waals surface area contributed by atoms with Gasteiger partial charge in [0.25, 0.3) is 0 Å². The van der Waals surface area contributed by atoms with E-state index in [0.29, 0.717) is 23.7 Å². The van der Waals surface area contributed by atoms with Crippen molar-refractivity contribution in [3.05, 3.63) is 70.8 Å². The van der Waals surface area contributed by atoms with Crippen LogP contribution in [0.15, 0.2) is 48.5 Å². The second-order valence-corrected chi connectivity index (χ2v) is 13.7. The lowest BCUT2D eigenvalue weighted by Crippen LogP contribution is -2.66. The number of unbranched alkanes of at least 4 members (excludes halogenated alkanes) is 1. The SMILES string of the molecule is CCCCC(CC)COCC(=O)C(O)(C(OCC)OCC)C(O)(c1ccc(C(C)(C)C)cc1)c1ccc(C(C)(C)C)cc1. The Morgan fingerprint density at radius 2 is 1.14 bits per heavy atom. The molecule has 0 saturated carbocycles. The molecule has 0 aromatic heterocycles. The Morgan fingerprint density at radius 3 is 1.49 bits per heavy atom. The predicted molar refractivity (Wildman–Crippen MR) is 174 cm³/mol. The molecule has 0 spiro atoms. The highest BCUT2D eigenvalue weighted by Crippen LogP contribution is 2.44. The van der Waals surface area contributed by atoms with Crippen LogP contribution in [-0.4, -0.2) is 54.3 Å². The van der Waals surface area contributed by atoms with Gasteiger partial charge in [-0.25, -0.2) is 0 Å². The van der Waals surface area contributed by atoms with Crippen molar-refractivity contribution in [2.45, 2.75) is 123 Å². The molecule has 2 rings (SSSR count). The van der Waals surface area contributed by atoms with Crippen LogP contribution in [0.5, 0.6) is 0 Å². The molecular formula is C37H58O6.